The molecule has 156 valence electrons. The number of amides is 1. The Bertz CT molecular complexity index is 1140. The highest BCUT2D eigenvalue weighted by Gasteiger charge is 2.23. The van der Waals surface area contributed by atoms with Crippen molar-refractivity contribution in [2.75, 3.05) is 0 Å². The number of aromatic nitrogens is 1. The van der Waals surface area contributed by atoms with E-state index in [4.69, 9.17) is 28.9 Å². The van der Waals surface area contributed by atoms with Gasteiger partial charge in [-0.3, -0.25) is 4.57 Å². The minimum absolute atomic E-state index is 0.133. The number of halogens is 3. The number of nitrogens with zero attached hydrogens (tertiary/aromatic N) is 1. The van der Waals surface area contributed by atoms with Crippen LogP contribution in [0.15, 0.2) is 42.5 Å². The fourth-order valence-corrected chi connectivity index (χ4v) is 4.76. The number of carbonyl (C=O) groups is 1. The zero-order chi connectivity index (χ0) is 21.3. The van der Waals surface area contributed by atoms with E-state index in [1.807, 2.05) is 30.3 Å². The van der Waals surface area contributed by atoms with Crippen molar-refractivity contribution in [1.82, 2.24) is 4.57 Å². The van der Waals surface area contributed by atoms with Crippen LogP contribution in [0.1, 0.15) is 42.5 Å². The Labute approximate surface area is 185 Å². The van der Waals surface area contributed by atoms with E-state index in [0.29, 0.717) is 10.9 Å². The molecule has 0 radical (unpaired) electrons. The van der Waals surface area contributed by atoms with E-state index in [2.05, 4.69) is 6.08 Å². The fraction of sp³-hybridized carbons (Fsp3) is 0.292. The first-order valence-corrected chi connectivity index (χ1v) is 10.9. The lowest BCUT2D eigenvalue weighted by Gasteiger charge is -2.20. The average molecular weight is 445 g/mol. The van der Waals surface area contributed by atoms with Gasteiger partial charge in [-0.2, -0.15) is 0 Å². The normalized spacial score (nSPS) is 17.1. The predicted octanol–water partition coefficient (Wildman–Crippen LogP) is 7.00. The molecule has 0 fully saturated rings. The van der Waals surface area contributed by atoms with Gasteiger partial charge in [0, 0.05) is 16.1 Å². The molecule has 3 nitrogen and oxygen atoms in total. The zero-order valence-electron chi connectivity index (χ0n) is 16.5. The van der Waals surface area contributed by atoms with Crippen LogP contribution in [0.2, 0.25) is 10.0 Å². The van der Waals surface area contributed by atoms with Crippen molar-refractivity contribution in [3.63, 3.8) is 0 Å². The number of fused-ring (bicyclic) bond motifs is 3. The van der Waals surface area contributed by atoms with Crippen LogP contribution in [0.3, 0.4) is 0 Å². The lowest BCUT2D eigenvalue weighted by atomic mass is 9.87. The minimum atomic E-state index is -0.467. The quantitative estimate of drug-likeness (QED) is 0.464. The second-order valence-electron chi connectivity index (χ2n) is 7.87. The minimum Gasteiger partial charge on any atom is -0.351 e. The first kappa shape index (κ1) is 21.0. The molecule has 30 heavy (non-hydrogen) atoms. The number of hydrogen-bond donors (Lipinski definition) is 1. The predicted molar refractivity (Wildman–Crippen MR) is 122 cm³/mol. The van der Waals surface area contributed by atoms with Crippen LogP contribution in [0.5, 0.6) is 0 Å². The number of allylic oxidation sites excluding steroid dienone is 1. The van der Waals surface area contributed by atoms with E-state index < -0.39 is 11.8 Å². The molecule has 1 heterocycles. The molecule has 0 saturated carbocycles. The number of aryl methyl sites for hydroxylation is 1. The van der Waals surface area contributed by atoms with Gasteiger partial charge >= 0.3 is 6.03 Å². The van der Waals surface area contributed by atoms with Gasteiger partial charge in [0.15, 0.2) is 0 Å². The molecule has 3 aromatic rings. The van der Waals surface area contributed by atoms with Gasteiger partial charge in [0.05, 0.1) is 10.5 Å². The topological polar surface area (TPSA) is 48.0 Å². The molecule has 1 atom stereocenters. The van der Waals surface area contributed by atoms with Crippen LogP contribution >= 0.6 is 23.2 Å². The largest absolute Gasteiger partial charge is 0.351 e. The summed E-state index contributed by atoms with van der Waals surface area (Å²) in [6, 6.07) is 10.0. The summed E-state index contributed by atoms with van der Waals surface area (Å²) < 4.78 is 15.2. The number of primary amides is 1. The van der Waals surface area contributed by atoms with Crippen LogP contribution in [0.4, 0.5) is 9.18 Å². The Kier molecular flexibility index (Phi) is 6.16. The van der Waals surface area contributed by atoms with Gasteiger partial charge in [-0.25, -0.2) is 9.18 Å². The molecule has 1 amide bonds. The molecule has 2 aromatic carbocycles. The van der Waals surface area contributed by atoms with Crippen molar-refractivity contribution >= 4 is 46.2 Å². The van der Waals surface area contributed by atoms with Crippen molar-refractivity contribution in [1.29, 1.82) is 0 Å². The Morgan fingerprint density at radius 2 is 2.00 bits per heavy atom. The van der Waals surface area contributed by atoms with Crippen LogP contribution in [0.25, 0.3) is 17.0 Å². The maximum atomic E-state index is 13.6. The second-order valence-corrected chi connectivity index (χ2v) is 8.71. The Morgan fingerprint density at radius 1 is 1.17 bits per heavy atom. The van der Waals surface area contributed by atoms with Crippen LogP contribution < -0.4 is 5.73 Å². The van der Waals surface area contributed by atoms with Crippen molar-refractivity contribution in [3.8, 4) is 0 Å². The molecule has 1 aliphatic rings. The monoisotopic (exact) mass is 444 g/mol. The smallest absolute Gasteiger partial charge is 0.323 e. The molecule has 4 rings (SSSR count). The lowest BCUT2D eigenvalue weighted by Crippen LogP contribution is -2.22. The summed E-state index contributed by atoms with van der Waals surface area (Å²) >= 11 is 11.9. The summed E-state index contributed by atoms with van der Waals surface area (Å²) in [7, 11) is 0. The maximum Gasteiger partial charge on any atom is 0.323 e. The molecule has 0 saturated heterocycles. The maximum absolute atomic E-state index is 13.6. The highest BCUT2D eigenvalue weighted by molar-refractivity contribution is 6.31. The third-order valence-electron chi connectivity index (χ3n) is 5.92. The van der Waals surface area contributed by atoms with E-state index in [1.54, 1.807) is 10.6 Å². The summed E-state index contributed by atoms with van der Waals surface area (Å²) in [4.78, 5) is 12.2. The lowest BCUT2D eigenvalue weighted by molar-refractivity contribution is 0.250. The van der Waals surface area contributed by atoms with Crippen LogP contribution in [-0.4, -0.2) is 10.6 Å². The zero-order valence-corrected chi connectivity index (χ0v) is 18.0. The van der Waals surface area contributed by atoms with Crippen LogP contribution in [-0.2, 0) is 12.8 Å². The molecule has 0 spiro atoms. The fourth-order valence-electron chi connectivity index (χ4n) is 4.48. The highest BCUT2D eigenvalue weighted by Crippen LogP contribution is 2.34. The van der Waals surface area contributed by atoms with E-state index in [-0.39, 0.29) is 5.02 Å². The first-order valence-electron chi connectivity index (χ1n) is 10.2. The molecular formula is C24H23Cl2FN2O. The molecular weight excluding hydrogens is 422 g/mol. The number of hydrogen-bond acceptors (Lipinski definition) is 1. The van der Waals surface area contributed by atoms with Crippen molar-refractivity contribution in [3.05, 3.63) is 75.2 Å². The van der Waals surface area contributed by atoms with Gasteiger partial charge in [-0.05, 0) is 79.8 Å². The number of rotatable bonds is 3. The molecule has 0 bridgehead atoms. The van der Waals surface area contributed by atoms with E-state index in [0.717, 1.165) is 60.7 Å². The van der Waals surface area contributed by atoms with Crippen LogP contribution in [0, 0.1) is 11.7 Å². The van der Waals surface area contributed by atoms with E-state index in [1.165, 1.54) is 11.6 Å². The van der Waals surface area contributed by atoms with Gasteiger partial charge in [-0.15, -0.1) is 0 Å². The molecule has 6 heteroatoms. The van der Waals surface area contributed by atoms with Crippen molar-refractivity contribution in [2.24, 2.45) is 11.7 Å². The summed E-state index contributed by atoms with van der Waals surface area (Å²) in [6.45, 7) is 0. The standard InChI is InChI=1S/C24H23Cl2FN2O/c25-17-9-10-19-18-6-2-4-15(3-1-5-16-7-11-20(26)21(27)13-16)8-12-22(18)29(24(28)30)23(19)14-17/h1,5,7,9-11,13-15H,2-4,6,8,12H2,(H2,28,30)/b5-1+. The average Bonchev–Trinajstić information content (AvgIpc) is 2.98. The highest BCUT2D eigenvalue weighted by atomic mass is 35.5. The molecule has 2 N–H and O–H groups in total. The molecule has 0 aliphatic heterocycles. The summed E-state index contributed by atoms with van der Waals surface area (Å²) in [5, 5.41) is 1.79. The number of carbonyl (C=O) groups excluding carboxylic acids is 1. The number of benzene rings is 2. The Balaban J connectivity index is 1.53. The summed E-state index contributed by atoms with van der Waals surface area (Å²) in [5.41, 5.74) is 9.54. The SMILES string of the molecule is NC(=O)n1c2c(c3ccc(Cl)cc31)CCCC(C/C=C/c1ccc(Cl)c(F)c1)CC2. The molecule has 1 aliphatic carbocycles. The third-order valence-corrected chi connectivity index (χ3v) is 6.46. The van der Waals surface area contributed by atoms with Gasteiger partial charge in [0.1, 0.15) is 5.82 Å². The first-order chi connectivity index (χ1) is 14.4. The molecule has 1 aromatic heterocycles. The van der Waals surface area contributed by atoms with Gasteiger partial charge in [-0.1, -0.05) is 47.5 Å². The third kappa shape index (κ3) is 4.26. The van der Waals surface area contributed by atoms with E-state index in [9.17, 15) is 9.18 Å². The van der Waals surface area contributed by atoms with Gasteiger partial charge in [0.25, 0.3) is 0 Å². The van der Waals surface area contributed by atoms with Gasteiger partial charge in [0.2, 0.25) is 0 Å². The second kappa shape index (κ2) is 8.83. The Hall–Kier alpha value is -2.30. The Morgan fingerprint density at radius 3 is 2.77 bits per heavy atom. The summed E-state index contributed by atoms with van der Waals surface area (Å²) in [6.07, 6.45) is 9.75. The summed E-state index contributed by atoms with van der Waals surface area (Å²) in [5.74, 6) is 0.0890. The van der Waals surface area contributed by atoms with Crippen molar-refractivity contribution < 1.29 is 9.18 Å². The molecule has 1 unspecified atom stereocenters. The van der Waals surface area contributed by atoms with Gasteiger partial charge < -0.3 is 5.73 Å². The van der Waals surface area contributed by atoms with Crippen molar-refractivity contribution in [2.45, 2.75) is 38.5 Å². The number of nitrogens with two attached hydrogens (primary N) is 1. The van der Waals surface area contributed by atoms with E-state index >= 15 is 0 Å².